The minimum atomic E-state index is -0.247. The van der Waals surface area contributed by atoms with Gasteiger partial charge in [0.1, 0.15) is 11.5 Å². The van der Waals surface area contributed by atoms with E-state index in [1.807, 2.05) is 23.1 Å². The van der Waals surface area contributed by atoms with E-state index >= 15 is 0 Å². The maximum atomic E-state index is 12.7. The maximum absolute atomic E-state index is 12.7. The average Bonchev–Trinajstić information content (AvgIpc) is 3.14. The average molecular weight is 419 g/mol. The number of furan rings is 1. The molecule has 31 heavy (non-hydrogen) atoms. The highest BCUT2D eigenvalue weighted by Crippen LogP contribution is 2.25. The Hall–Kier alpha value is -3.58. The van der Waals surface area contributed by atoms with E-state index in [0.717, 1.165) is 31.6 Å². The number of anilines is 1. The van der Waals surface area contributed by atoms with Gasteiger partial charge in [0.15, 0.2) is 5.76 Å². The molecule has 2 heterocycles. The van der Waals surface area contributed by atoms with E-state index in [9.17, 15) is 9.59 Å². The van der Waals surface area contributed by atoms with Crippen molar-refractivity contribution in [2.75, 3.05) is 38.6 Å². The Bertz CT molecular complexity index is 1050. The predicted molar refractivity (Wildman–Crippen MR) is 118 cm³/mol. The van der Waals surface area contributed by atoms with Crippen LogP contribution in [0.4, 0.5) is 5.69 Å². The van der Waals surface area contributed by atoms with E-state index in [4.69, 9.17) is 9.15 Å². The molecule has 160 valence electrons. The van der Waals surface area contributed by atoms with Crippen LogP contribution in [0.25, 0.3) is 11.3 Å². The molecule has 2 N–H and O–H groups in total. The first kappa shape index (κ1) is 20.7. The number of hydrogen-bond acceptors (Lipinski definition) is 5. The van der Waals surface area contributed by atoms with Crippen LogP contribution in [-0.2, 0) is 0 Å². The number of ether oxygens (including phenoxy) is 1. The fourth-order valence-corrected chi connectivity index (χ4v) is 3.56. The standard InChI is InChI=1S/C24H25N3O4/c1-30-21-6-3-2-5-19(21)23(28)26-18-9-7-17(8-10-18)20-11-12-22(31-20)24(29)27-15-4-13-25-14-16-27/h2-3,5-12,25H,4,13-16H2,1H3,(H,26,28). The minimum Gasteiger partial charge on any atom is -0.496 e. The summed E-state index contributed by atoms with van der Waals surface area (Å²) in [5.74, 6) is 1.13. The summed E-state index contributed by atoms with van der Waals surface area (Å²) in [5.41, 5.74) is 1.94. The predicted octanol–water partition coefficient (Wildman–Crippen LogP) is 3.64. The van der Waals surface area contributed by atoms with Crippen molar-refractivity contribution in [1.82, 2.24) is 10.2 Å². The molecule has 1 aliphatic rings. The summed E-state index contributed by atoms with van der Waals surface area (Å²) in [7, 11) is 1.53. The SMILES string of the molecule is COc1ccccc1C(=O)Nc1ccc(-c2ccc(C(=O)N3CCCNCC3)o2)cc1. The van der Waals surface area contributed by atoms with Crippen molar-refractivity contribution in [3.63, 3.8) is 0 Å². The summed E-state index contributed by atoms with van der Waals surface area (Å²) in [6.45, 7) is 3.12. The van der Waals surface area contributed by atoms with Crippen molar-refractivity contribution in [3.8, 4) is 17.1 Å². The summed E-state index contributed by atoms with van der Waals surface area (Å²) in [6.07, 6.45) is 0.932. The Morgan fingerprint density at radius 1 is 1.00 bits per heavy atom. The van der Waals surface area contributed by atoms with Crippen LogP contribution < -0.4 is 15.4 Å². The molecular weight excluding hydrogens is 394 g/mol. The van der Waals surface area contributed by atoms with Crippen LogP contribution in [-0.4, -0.2) is 50.0 Å². The molecule has 1 aliphatic heterocycles. The molecule has 7 nitrogen and oxygen atoms in total. The van der Waals surface area contributed by atoms with E-state index in [-0.39, 0.29) is 11.8 Å². The zero-order valence-corrected chi connectivity index (χ0v) is 17.4. The van der Waals surface area contributed by atoms with Gasteiger partial charge in [-0.2, -0.15) is 0 Å². The van der Waals surface area contributed by atoms with Gasteiger partial charge in [-0.05, 0) is 61.5 Å². The van der Waals surface area contributed by atoms with Gasteiger partial charge in [0.2, 0.25) is 0 Å². The third kappa shape index (κ3) is 4.78. The molecule has 1 aromatic heterocycles. The molecule has 4 rings (SSSR count). The molecule has 3 aromatic rings. The highest BCUT2D eigenvalue weighted by atomic mass is 16.5. The van der Waals surface area contributed by atoms with E-state index < -0.39 is 0 Å². The van der Waals surface area contributed by atoms with Crippen LogP contribution in [0.2, 0.25) is 0 Å². The van der Waals surface area contributed by atoms with Gasteiger partial charge in [-0.1, -0.05) is 12.1 Å². The van der Waals surface area contributed by atoms with E-state index in [2.05, 4.69) is 10.6 Å². The Labute approximate surface area is 181 Å². The number of hydrogen-bond donors (Lipinski definition) is 2. The fourth-order valence-electron chi connectivity index (χ4n) is 3.56. The summed E-state index contributed by atoms with van der Waals surface area (Å²) in [6, 6.07) is 17.9. The molecule has 0 radical (unpaired) electrons. The monoisotopic (exact) mass is 419 g/mol. The molecule has 0 spiro atoms. The van der Waals surface area contributed by atoms with Gasteiger partial charge in [-0.25, -0.2) is 0 Å². The third-order valence-electron chi connectivity index (χ3n) is 5.22. The summed E-state index contributed by atoms with van der Waals surface area (Å²) in [5, 5.41) is 6.16. The van der Waals surface area contributed by atoms with E-state index in [1.54, 1.807) is 42.5 Å². The molecule has 0 aliphatic carbocycles. The van der Waals surface area contributed by atoms with Crippen molar-refractivity contribution in [3.05, 3.63) is 72.0 Å². The van der Waals surface area contributed by atoms with Crippen LogP contribution in [0.15, 0.2) is 65.1 Å². The number of rotatable bonds is 5. The number of methoxy groups -OCH3 is 1. The highest BCUT2D eigenvalue weighted by Gasteiger charge is 2.20. The number of carbonyl (C=O) groups is 2. The number of carbonyl (C=O) groups excluding carboxylic acids is 2. The number of nitrogens with one attached hydrogen (secondary N) is 2. The Morgan fingerprint density at radius 2 is 1.81 bits per heavy atom. The van der Waals surface area contributed by atoms with Crippen molar-refractivity contribution in [1.29, 1.82) is 0 Å². The first-order valence-corrected chi connectivity index (χ1v) is 10.3. The second-order valence-electron chi connectivity index (χ2n) is 7.29. The minimum absolute atomic E-state index is 0.0874. The van der Waals surface area contributed by atoms with Crippen molar-refractivity contribution < 1.29 is 18.7 Å². The lowest BCUT2D eigenvalue weighted by Gasteiger charge is -2.18. The van der Waals surface area contributed by atoms with Crippen LogP contribution >= 0.6 is 0 Å². The lowest BCUT2D eigenvalue weighted by Crippen LogP contribution is -2.33. The summed E-state index contributed by atoms with van der Waals surface area (Å²) < 4.78 is 11.1. The molecule has 2 aromatic carbocycles. The third-order valence-corrected chi connectivity index (χ3v) is 5.22. The van der Waals surface area contributed by atoms with Gasteiger partial charge >= 0.3 is 0 Å². The van der Waals surface area contributed by atoms with Crippen molar-refractivity contribution in [2.45, 2.75) is 6.42 Å². The molecule has 0 bridgehead atoms. The maximum Gasteiger partial charge on any atom is 0.289 e. The number of amides is 2. The Balaban J connectivity index is 1.44. The number of nitrogens with zero attached hydrogens (tertiary/aromatic N) is 1. The van der Waals surface area contributed by atoms with Crippen LogP contribution in [0.5, 0.6) is 5.75 Å². The van der Waals surface area contributed by atoms with Gasteiger partial charge in [0, 0.05) is 30.9 Å². The second-order valence-corrected chi connectivity index (χ2v) is 7.29. The van der Waals surface area contributed by atoms with Crippen LogP contribution in [0, 0.1) is 0 Å². The van der Waals surface area contributed by atoms with Crippen molar-refractivity contribution >= 4 is 17.5 Å². The van der Waals surface area contributed by atoms with E-state index in [0.29, 0.717) is 35.1 Å². The summed E-state index contributed by atoms with van der Waals surface area (Å²) in [4.78, 5) is 27.1. The summed E-state index contributed by atoms with van der Waals surface area (Å²) >= 11 is 0. The molecule has 1 saturated heterocycles. The molecular formula is C24H25N3O4. The molecule has 0 atom stereocenters. The number of benzene rings is 2. The highest BCUT2D eigenvalue weighted by molar-refractivity contribution is 6.06. The van der Waals surface area contributed by atoms with Crippen molar-refractivity contribution in [2.24, 2.45) is 0 Å². The lowest BCUT2D eigenvalue weighted by atomic mass is 10.1. The molecule has 0 saturated carbocycles. The molecule has 1 fully saturated rings. The van der Waals surface area contributed by atoms with Gasteiger partial charge in [0.05, 0.1) is 12.7 Å². The molecule has 7 heteroatoms. The molecule has 0 unspecified atom stereocenters. The van der Waals surface area contributed by atoms with Gasteiger partial charge in [-0.3, -0.25) is 9.59 Å². The first-order chi connectivity index (χ1) is 15.2. The first-order valence-electron chi connectivity index (χ1n) is 10.3. The van der Waals surface area contributed by atoms with Gasteiger partial charge < -0.3 is 24.7 Å². The molecule has 2 amide bonds. The zero-order valence-electron chi connectivity index (χ0n) is 17.4. The van der Waals surface area contributed by atoms with Gasteiger partial charge in [-0.15, -0.1) is 0 Å². The normalized spacial score (nSPS) is 14.0. The lowest BCUT2D eigenvalue weighted by molar-refractivity contribution is 0.0735. The second kappa shape index (κ2) is 9.49. The smallest absolute Gasteiger partial charge is 0.289 e. The van der Waals surface area contributed by atoms with Crippen LogP contribution in [0.1, 0.15) is 27.3 Å². The Morgan fingerprint density at radius 3 is 2.61 bits per heavy atom. The fraction of sp³-hybridized carbons (Fsp3) is 0.250. The Kier molecular flexibility index (Phi) is 6.33. The van der Waals surface area contributed by atoms with Crippen LogP contribution in [0.3, 0.4) is 0 Å². The van der Waals surface area contributed by atoms with Gasteiger partial charge in [0.25, 0.3) is 11.8 Å². The topological polar surface area (TPSA) is 83.8 Å². The van der Waals surface area contributed by atoms with E-state index in [1.165, 1.54) is 7.11 Å². The quantitative estimate of drug-likeness (QED) is 0.660. The number of para-hydroxylation sites is 1. The largest absolute Gasteiger partial charge is 0.496 e. The zero-order chi connectivity index (χ0) is 21.6.